The summed E-state index contributed by atoms with van der Waals surface area (Å²) in [7, 11) is 0. The Morgan fingerprint density at radius 2 is 1.94 bits per heavy atom. The zero-order valence-electron chi connectivity index (χ0n) is 18.0. The lowest BCUT2D eigenvalue weighted by atomic mass is 10.0. The number of aliphatic hydroxyl groups excluding tert-OH is 1. The van der Waals surface area contributed by atoms with Crippen LogP contribution in [0.1, 0.15) is 30.2 Å². The number of carbonyl (C=O) groups is 1. The maximum atomic E-state index is 12.4. The van der Waals surface area contributed by atoms with Crippen LogP contribution in [0.4, 0.5) is 0 Å². The second kappa shape index (κ2) is 10.1. The SMILES string of the molecule is CC(CO)CC(=O)N1CCc2nc(-c3ccc(OCc4ccc(Cl)cc4)cc3)ncc2C1. The van der Waals surface area contributed by atoms with Gasteiger partial charge >= 0.3 is 0 Å². The standard InChI is InChI=1S/C25H26ClN3O3/c1-17(15-30)12-24(31)29-11-10-23-20(14-29)13-27-25(28-23)19-4-8-22(9-5-19)32-16-18-2-6-21(26)7-3-18/h2-9,13,17,30H,10-12,14-16H2,1H3. The van der Waals surface area contributed by atoms with Crippen LogP contribution in [0.5, 0.6) is 5.75 Å². The number of rotatable bonds is 7. The van der Waals surface area contributed by atoms with E-state index in [1.165, 1.54) is 0 Å². The lowest BCUT2D eigenvalue weighted by Crippen LogP contribution is -2.37. The van der Waals surface area contributed by atoms with Gasteiger partial charge < -0.3 is 14.7 Å². The van der Waals surface area contributed by atoms with Crippen molar-refractivity contribution in [2.75, 3.05) is 13.2 Å². The normalized spacial score (nSPS) is 14.0. The van der Waals surface area contributed by atoms with Crippen LogP contribution in [0.3, 0.4) is 0 Å². The minimum atomic E-state index is -0.0272. The Morgan fingerprint density at radius 1 is 1.19 bits per heavy atom. The number of fused-ring (bicyclic) bond motifs is 1. The third kappa shape index (κ3) is 5.44. The number of hydrogen-bond acceptors (Lipinski definition) is 5. The summed E-state index contributed by atoms with van der Waals surface area (Å²) < 4.78 is 5.85. The van der Waals surface area contributed by atoms with Crippen LogP contribution in [-0.4, -0.2) is 39.0 Å². The van der Waals surface area contributed by atoms with Gasteiger partial charge in [0.25, 0.3) is 0 Å². The fraction of sp³-hybridized carbons (Fsp3) is 0.320. The molecule has 7 heteroatoms. The molecule has 0 bridgehead atoms. The van der Waals surface area contributed by atoms with Crippen LogP contribution in [0.25, 0.3) is 11.4 Å². The number of benzene rings is 2. The highest BCUT2D eigenvalue weighted by Crippen LogP contribution is 2.24. The van der Waals surface area contributed by atoms with Gasteiger partial charge in [-0.2, -0.15) is 0 Å². The highest BCUT2D eigenvalue weighted by atomic mass is 35.5. The molecule has 0 radical (unpaired) electrons. The topological polar surface area (TPSA) is 75.5 Å². The number of amides is 1. The number of halogens is 1. The quantitative estimate of drug-likeness (QED) is 0.580. The molecule has 1 aliphatic heterocycles. The minimum absolute atomic E-state index is 0.0214. The summed E-state index contributed by atoms with van der Waals surface area (Å²) in [5.41, 5.74) is 3.93. The van der Waals surface area contributed by atoms with Gasteiger partial charge in [-0.15, -0.1) is 0 Å². The minimum Gasteiger partial charge on any atom is -0.489 e. The molecule has 32 heavy (non-hydrogen) atoms. The van der Waals surface area contributed by atoms with E-state index >= 15 is 0 Å². The molecule has 0 aliphatic carbocycles. The first-order chi connectivity index (χ1) is 15.5. The second-order valence-corrected chi connectivity index (χ2v) is 8.60. The molecule has 1 atom stereocenters. The van der Waals surface area contributed by atoms with Gasteiger partial charge in [-0.1, -0.05) is 30.7 Å². The summed E-state index contributed by atoms with van der Waals surface area (Å²) in [6.45, 7) is 3.52. The molecule has 0 saturated heterocycles. The Kier molecular flexibility index (Phi) is 7.02. The first-order valence-corrected chi connectivity index (χ1v) is 11.1. The van der Waals surface area contributed by atoms with Crippen LogP contribution in [0, 0.1) is 5.92 Å². The van der Waals surface area contributed by atoms with E-state index in [0.717, 1.165) is 28.1 Å². The van der Waals surface area contributed by atoms with E-state index in [9.17, 15) is 9.90 Å². The Hall–Kier alpha value is -2.96. The Balaban J connectivity index is 1.38. The average Bonchev–Trinajstić information content (AvgIpc) is 2.83. The molecule has 4 rings (SSSR count). The first-order valence-electron chi connectivity index (χ1n) is 10.7. The van der Waals surface area contributed by atoms with Crippen molar-refractivity contribution in [1.29, 1.82) is 0 Å². The van der Waals surface area contributed by atoms with Gasteiger partial charge in [-0.25, -0.2) is 9.97 Å². The van der Waals surface area contributed by atoms with E-state index in [4.69, 9.17) is 21.3 Å². The van der Waals surface area contributed by atoms with Crippen LogP contribution >= 0.6 is 11.6 Å². The highest BCUT2D eigenvalue weighted by molar-refractivity contribution is 6.30. The van der Waals surface area contributed by atoms with Crippen molar-refractivity contribution in [3.8, 4) is 17.1 Å². The summed E-state index contributed by atoms with van der Waals surface area (Å²) in [5, 5.41) is 9.89. The molecule has 1 amide bonds. The summed E-state index contributed by atoms with van der Waals surface area (Å²) >= 11 is 5.91. The molecule has 0 spiro atoms. The zero-order valence-corrected chi connectivity index (χ0v) is 18.8. The Morgan fingerprint density at radius 3 is 2.66 bits per heavy atom. The van der Waals surface area contributed by atoms with Gasteiger partial charge in [0.1, 0.15) is 12.4 Å². The van der Waals surface area contributed by atoms with E-state index in [1.807, 2.05) is 66.6 Å². The molecule has 1 aliphatic rings. The lowest BCUT2D eigenvalue weighted by molar-refractivity contribution is -0.133. The van der Waals surface area contributed by atoms with Crippen LogP contribution in [0.15, 0.2) is 54.7 Å². The molecule has 2 heterocycles. The first kappa shape index (κ1) is 22.2. The van der Waals surface area contributed by atoms with Crippen molar-refractivity contribution >= 4 is 17.5 Å². The molecule has 0 fully saturated rings. The molecule has 166 valence electrons. The predicted molar refractivity (Wildman–Crippen MR) is 123 cm³/mol. The Bertz CT molecular complexity index is 1070. The Labute approximate surface area is 192 Å². The molecule has 2 aromatic carbocycles. The molecule has 3 aromatic rings. The van der Waals surface area contributed by atoms with Crippen LogP contribution < -0.4 is 4.74 Å². The van der Waals surface area contributed by atoms with Gasteiger partial charge in [0.2, 0.25) is 5.91 Å². The van der Waals surface area contributed by atoms with Crippen molar-refractivity contribution in [1.82, 2.24) is 14.9 Å². The van der Waals surface area contributed by atoms with Crippen molar-refractivity contribution < 1.29 is 14.6 Å². The van der Waals surface area contributed by atoms with E-state index in [2.05, 4.69) is 4.98 Å². The van der Waals surface area contributed by atoms with Crippen molar-refractivity contribution in [2.24, 2.45) is 5.92 Å². The van der Waals surface area contributed by atoms with Gasteiger partial charge in [0.15, 0.2) is 5.82 Å². The smallest absolute Gasteiger partial charge is 0.223 e. The number of ether oxygens (including phenoxy) is 1. The monoisotopic (exact) mass is 451 g/mol. The van der Waals surface area contributed by atoms with Gasteiger partial charge in [-0.05, 0) is 47.9 Å². The van der Waals surface area contributed by atoms with E-state index in [1.54, 1.807) is 0 Å². The van der Waals surface area contributed by atoms with E-state index in [0.29, 0.717) is 43.4 Å². The summed E-state index contributed by atoms with van der Waals surface area (Å²) in [6.07, 6.45) is 2.88. The molecule has 0 saturated carbocycles. The number of carbonyl (C=O) groups excluding carboxylic acids is 1. The maximum Gasteiger partial charge on any atom is 0.223 e. The molecule has 1 unspecified atom stereocenters. The fourth-order valence-electron chi connectivity index (χ4n) is 3.61. The van der Waals surface area contributed by atoms with Crippen LogP contribution in [-0.2, 0) is 24.4 Å². The third-order valence-corrected chi connectivity index (χ3v) is 5.80. The van der Waals surface area contributed by atoms with Crippen molar-refractivity contribution in [2.45, 2.75) is 32.9 Å². The second-order valence-electron chi connectivity index (χ2n) is 8.16. The highest BCUT2D eigenvalue weighted by Gasteiger charge is 2.23. The van der Waals surface area contributed by atoms with Gasteiger partial charge in [0.05, 0.1) is 5.69 Å². The molecular weight excluding hydrogens is 426 g/mol. The number of aromatic nitrogens is 2. The molecular formula is C25H26ClN3O3. The summed E-state index contributed by atoms with van der Waals surface area (Å²) in [4.78, 5) is 23.5. The van der Waals surface area contributed by atoms with Crippen molar-refractivity contribution in [3.05, 3.63) is 76.6 Å². The fourth-order valence-corrected chi connectivity index (χ4v) is 3.73. The van der Waals surface area contributed by atoms with Crippen molar-refractivity contribution in [3.63, 3.8) is 0 Å². The summed E-state index contributed by atoms with van der Waals surface area (Å²) in [5.74, 6) is 1.48. The van der Waals surface area contributed by atoms with Gasteiger partial charge in [0, 0.05) is 54.9 Å². The molecule has 6 nitrogen and oxygen atoms in total. The lowest BCUT2D eigenvalue weighted by Gasteiger charge is -2.29. The van der Waals surface area contributed by atoms with Crippen LogP contribution in [0.2, 0.25) is 5.02 Å². The van der Waals surface area contributed by atoms with E-state index in [-0.39, 0.29) is 18.4 Å². The predicted octanol–water partition coefficient (Wildman–Crippen LogP) is 4.28. The number of aliphatic hydroxyl groups is 1. The van der Waals surface area contributed by atoms with Gasteiger partial charge in [-0.3, -0.25) is 4.79 Å². The molecule has 1 N–H and O–H groups in total. The van der Waals surface area contributed by atoms with E-state index < -0.39 is 0 Å². The maximum absolute atomic E-state index is 12.4. The zero-order chi connectivity index (χ0) is 22.5. The number of hydrogen-bond donors (Lipinski definition) is 1. The summed E-state index contributed by atoms with van der Waals surface area (Å²) in [6, 6.07) is 15.3. The third-order valence-electron chi connectivity index (χ3n) is 5.55. The largest absolute Gasteiger partial charge is 0.489 e. The number of nitrogens with zero attached hydrogens (tertiary/aromatic N) is 3. The average molecular weight is 452 g/mol. The molecule has 1 aromatic heterocycles.